The lowest BCUT2D eigenvalue weighted by atomic mass is 9.92. The molecule has 0 aliphatic rings. The van der Waals surface area contributed by atoms with Gasteiger partial charge in [-0.2, -0.15) is 0 Å². The van der Waals surface area contributed by atoms with Crippen molar-refractivity contribution < 1.29 is 19.6 Å². The van der Waals surface area contributed by atoms with Crippen molar-refractivity contribution in [3.8, 4) is 0 Å². The van der Waals surface area contributed by atoms with E-state index in [9.17, 15) is 24.8 Å². The highest BCUT2D eigenvalue weighted by Crippen LogP contribution is 2.24. The minimum absolute atomic E-state index is 0.0247. The zero-order valence-electron chi connectivity index (χ0n) is 11.6. The summed E-state index contributed by atoms with van der Waals surface area (Å²) in [5.41, 5.74) is -1.60. The molecule has 0 radical (unpaired) electrons. The van der Waals surface area contributed by atoms with E-state index in [0.29, 0.717) is 4.47 Å². The number of carbonyl (C=O) groups excluding carboxylic acids is 1. The smallest absolute Gasteiger partial charge is 0.329 e. The summed E-state index contributed by atoms with van der Waals surface area (Å²) >= 11 is 3.14. The van der Waals surface area contributed by atoms with E-state index >= 15 is 0 Å². The van der Waals surface area contributed by atoms with Crippen LogP contribution in [0, 0.1) is 10.1 Å². The molecular weight excluding hydrogens is 344 g/mol. The number of nitrogens with zero attached hydrogens (tertiary/aromatic N) is 1. The largest absolute Gasteiger partial charge is 0.480 e. The van der Waals surface area contributed by atoms with Crippen LogP contribution in [-0.2, 0) is 4.79 Å². The third-order valence-corrected chi connectivity index (χ3v) is 4.07. The van der Waals surface area contributed by atoms with Gasteiger partial charge >= 0.3 is 5.97 Å². The molecule has 1 rings (SSSR count). The van der Waals surface area contributed by atoms with E-state index in [2.05, 4.69) is 21.2 Å². The number of carboxylic acids is 1. The minimum Gasteiger partial charge on any atom is -0.480 e. The Bertz CT molecular complexity index is 584. The monoisotopic (exact) mass is 358 g/mol. The van der Waals surface area contributed by atoms with E-state index in [1.165, 1.54) is 12.1 Å². The molecule has 0 heterocycles. The van der Waals surface area contributed by atoms with Gasteiger partial charge in [-0.15, -0.1) is 0 Å². The number of rotatable bonds is 6. The van der Waals surface area contributed by atoms with Crippen molar-refractivity contribution in [1.29, 1.82) is 0 Å². The van der Waals surface area contributed by atoms with Crippen LogP contribution in [0.1, 0.15) is 37.0 Å². The van der Waals surface area contributed by atoms with Crippen LogP contribution in [0.5, 0.6) is 0 Å². The number of nitro groups is 1. The van der Waals surface area contributed by atoms with Crippen LogP contribution in [0.2, 0.25) is 0 Å². The maximum Gasteiger partial charge on any atom is 0.329 e. The summed E-state index contributed by atoms with van der Waals surface area (Å²) in [6.45, 7) is 3.31. The first-order valence-electron chi connectivity index (χ1n) is 6.27. The SMILES string of the molecule is CCC(CC)(NC(=O)c1cc([N+](=O)[O-])ccc1Br)C(=O)O. The van der Waals surface area contributed by atoms with Crippen LogP contribution in [0.25, 0.3) is 0 Å². The molecular formula is C13H15BrN2O5. The van der Waals surface area contributed by atoms with E-state index in [1.54, 1.807) is 13.8 Å². The van der Waals surface area contributed by atoms with E-state index in [1.807, 2.05) is 0 Å². The van der Waals surface area contributed by atoms with Gasteiger partial charge in [0.05, 0.1) is 10.5 Å². The Balaban J connectivity index is 3.17. The third-order valence-electron chi connectivity index (χ3n) is 3.37. The fraction of sp³-hybridized carbons (Fsp3) is 0.385. The number of hydrogen-bond donors (Lipinski definition) is 2. The highest BCUT2D eigenvalue weighted by molar-refractivity contribution is 9.10. The summed E-state index contributed by atoms with van der Waals surface area (Å²) in [4.78, 5) is 33.8. The fourth-order valence-corrected chi connectivity index (χ4v) is 2.29. The quantitative estimate of drug-likeness (QED) is 0.600. The molecule has 0 fully saturated rings. The first-order chi connectivity index (χ1) is 9.77. The van der Waals surface area contributed by atoms with Gasteiger partial charge < -0.3 is 10.4 Å². The first-order valence-corrected chi connectivity index (χ1v) is 7.06. The lowest BCUT2D eigenvalue weighted by molar-refractivity contribution is -0.384. The zero-order chi connectivity index (χ0) is 16.2. The van der Waals surface area contributed by atoms with Crippen LogP contribution in [0.15, 0.2) is 22.7 Å². The van der Waals surface area contributed by atoms with Gasteiger partial charge in [0, 0.05) is 16.6 Å². The minimum atomic E-state index is -1.39. The summed E-state index contributed by atoms with van der Waals surface area (Å²) < 4.78 is 0.358. The van der Waals surface area contributed by atoms with E-state index in [4.69, 9.17) is 0 Å². The molecule has 8 heteroatoms. The van der Waals surface area contributed by atoms with Gasteiger partial charge in [-0.25, -0.2) is 4.79 Å². The third kappa shape index (κ3) is 3.57. The highest BCUT2D eigenvalue weighted by Gasteiger charge is 2.37. The number of nitrogens with one attached hydrogen (secondary N) is 1. The van der Waals surface area contributed by atoms with Gasteiger partial charge in [-0.3, -0.25) is 14.9 Å². The Morgan fingerprint density at radius 1 is 1.38 bits per heavy atom. The van der Waals surface area contributed by atoms with E-state index < -0.39 is 22.3 Å². The summed E-state index contributed by atoms with van der Waals surface area (Å²) in [6, 6.07) is 3.75. The second-order valence-corrected chi connectivity index (χ2v) is 5.32. The summed E-state index contributed by atoms with van der Waals surface area (Å²) in [5.74, 6) is -1.81. The number of aliphatic carboxylic acids is 1. The Labute approximate surface area is 129 Å². The molecule has 0 unspecified atom stereocenters. The molecule has 2 N–H and O–H groups in total. The lowest BCUT2D eigenvalue weighted by Gasteiger charge is -2.28. The molecule has 0 aliphatic heterocycles. The number of amides is 1. The van der Waals surface area contributed by atoms with Crippen molar-refractivity contribution in [1.82, 2.24) is 5.32 Å². The lowest BCUT2D eigenvalue weighted by Crippen LogP contribution is -2.53. The predicted octanol–water partition coefficient (Wildman–Crippen LogP) is 2.73. The molecule has 1 amide bonds. The van der Waals surface area contributed by atoms with Gasteiger partial charge in [0.15, 0.2) is 0 Å². The molecule has 21 heavy (non-hydrogen) atoms. The van der Waals surface area contributed by atoms with Crippen molar-refractivity contribution in [2.45, 2.75) is 32.2 Å². The van der Waals surface area contributed by atoms with E-state index in [-0.39, 0.29) is 24.1 Å². The van der Waals surface area contributed by atoms with Gasteiger partial charge in [-0.05, 0) is 34.8 Å². The normalized spacial score (nSPS) is 11.0. The van der Waals surface area contributed by atoms with Gasteiger partial charge in [-0.1, -0.05) is 13.8 Å². The number of halogens is 1. The van der Waals surface area contributed by atoms with Crippen molar-refractivity contribution >= 4 is 33.5 Å². The predicted molar refractivity (Wildman–Crippen MR) is 79.2 cm³/mol. The maximum absolute atomic E-state index is 12.3. The molecule has 0 saturated carbocycles. The molecule has 0 saturated heterocycles. The van der Waals surface area contributed by atoms with Gasteiger partial charge in [0.1, 0.15) is 5.54 Å². The van der Waals surface area contributed by atoms with Crippen LogP contribution in [0.4, 0.5) is 5.69 Å². The van der Waals surface area contributed by atoms with Crippen LogP contribution >= 0.6 is 15.9 Å². The molecule has 114 valence electrons. The fourth-order valence-electron chi connectivity index (χ4n) is 1.87. The number of carbonyl (C=O) groups is 2. The van der Waals surface area contributed by atoms with Crippen molar-refractivity contribution in [2.75, 3.05) is 0 Å². The molecule has 0 spiro atoms. The first kappa shape index (κ1) is 17.1. The van der Waals surface area contributed by atoms with Crippen molar-refractivity contribution in [3.63, 3.8) is 0 Å². The number of non-ortho nitro benzene ring substituents is 1. The Hall–Kier alpha value is -1.96. The van der Waals surface area contributed by atoms with Crippen molar-refractivity contribution in [3.05, 3.63) is 38.3 Å². The zero-order valence-corrected chi connectivity index (χ0v) is 13.1. The number of benzene rings is 1. The summed E-state index contributed by atoms with van der Waals surface area (Å²) in [5, 5.41) is 22.5. The Morgan fingerprint density at radius 3 is 2.38 bits per heavy atom. The average molecular weight is 359 g/mol. The second-order valence-electron chi connectivity index (χ2n) is 4.47. The number of nitro benzene ring substituents is 1. The average Bonchev–Trinajstić information content (AvgIpc) is 2.44. The Morgan fingerprint density at radius 2 is 1.95 bits per heavy atom. The second kappa shape index (κ2) is 6.66. The Kier molecular flexibility index (Phi) is 5.42. The maximum atomic E-state index is 12.3. The number of carboxylic acid groups (broad SMARTS) is 1. The number of hydrogen-bond acceptors (Lipinski definition) is 4. The van der Waals surface area contributed by atoms with Crippen LogP contribution in [0.3, 0.4) is 0 Å². The van der Waals surface area contributed by atoms with Crippen LogP contribution in [-0.4, -0.2) is 27.4 Å². The molecule has 0 aromatic heterocycles. The topological polar surface area (TPSA) is 110 Å². The van der Waals surface area contributed by atoms with Gasteiger partial charge in [0.2, 0.25) is 0 Å². The molecule has 7 nitrogen and oxygen atoms in total. The van der Waals surface area contributed by atoms with Gasteiger partial charge in [0.25, 0.3) is 11.6 Å². The summed E-state index contributed by atoms with van der Waals surface area (Å²) in [7, 11) is 0. The van der Waals surface area contributed by atoms with E-state index in [0.717, 1.165) is 6.07 Å². The molecule has 0 aliphatic carbocycles. The van der Waals surface area contributed by atoms with Crippen LogP contribution < -0.4 is 5.32 Å². The molecule has 0 atom stereocenters. The van der Waals surface area contributed by atoms with Crippen molar-refractivity contribution in [2.24, 2.45) is 0 Å². The molecule has 1 aromatic rings. The summed E-state index contributed by atoms with van der Waals surface area (Å²) in [6.07, 6.45) is 0.411. The standard InChI is InChI=1S/C13H15BrN2O5/c1-3-13(4-2,12(18)19)15-11(17)9-7-8(16(20)21)5-6-10(9)14/h5-7H,3-4H2,1-2H3,(H,15,17)(H,18,19). The molecule has 1 aromatic carbocycles. The molecule has 0 bridgehead atoms. The highest BCUT2D eigenvalue weighted by atomic mass is 79.9.